The van der Waals surface area contributed by atoms with Crippen LogP contribution in [0.4, 0.5) is 20.3 Å². The van der Waals surface area contributed by atoms with E-state index < -0.39 is 11.6 Å². The molecule has 3 rings (SSSR count). The molecule has 0 amide bonds. The van der Waals surface area contributed by atoms with E-state index in [-0.39, 0.29) is 10.6 Å². The lowest BCUT2D eigenvalue weighted by Crippen LogP contribution is -2.35. The van der Waals surface area contributed by atoms with Crippen LogP contribution in [0.15, 0.2) is 18.2 Å². The summed E-state index contributed by atoms with van der Waals surface area (Å²) < 4.78 is 28.0. The van der Waals surface area contributed by atoms with Crippen LogP contribution in [0.25, 0.3) is 0 Å². The van der Waals surface area contributed by atoms with E-state index in [2.05, 4.69) is 5.10 Å². The molecule has 0 spiro atoms. The molecule has 1 aromatic heterocycles. The number of benzene rings is 1. The highest BCUT2D eigenvalue weighted by molar-refractivity contribution is 5.61. The smallest absolute Gasteiger partial charge is 0.334 e. The molecule has 0 saturated carbocycles. The Labute approximate surface area is 150 Å². The lowest BCUT2D eigenvalue weighted by molar-refractivity contribution is -0.384. The van der Waals surface area contributed by atoms with Gasteiger partial charge in [-0.2, -0.15) is 5.10 Å². The molecular formula is C18H22F2N4O2. The number of aromatic nitrogens is 2. The van der Waals surface area contributed by atoms with E-state index in [4.69, 9.17) is 0 Å². The maximum Gasteiger partial charge on any atom is 0.334 e. The fourth-order valence-corrected chi connectivity index (χ4v) is 3.69. The minimum Gasteiger partial charge on any atom is -0.351 e. The molecule has 1 saturated heterocycles. The second-order valence-corrected chi connectivity index (χ2v) is 6.74. The van der Waals surface area contributed by atoms with Crippen LogP contribution in [0, 0.1) is 27.7 Å². The number of hydrogen-bond acceptors (Lipinski definition) is 4. The van der Waals surface area contributed by atoms with E-state index in [9.17, 15) is 18.9 Å². The Balaban J connectivity index is 1.70. The van der Waals surface area contributed by atoms with Crippen LogP contribution >= 0.6 is 0 Å². The topological polar surface area (TPSA) is 64.2 Å². The number of piperidine rings is 1. The highest BCUT2D eigenvalue weighted by Crippen LogP contribution is 2.34. The van der Waals surface area contributed by atoms with Gasteiger partial charge in [0.2, 0.25) is 5.82 Å². The molecule has 2 heterocycles. The van der Waals surface area contributed by atoms with Gasteiger partial charge in [0.25, 0.3) is 0 Å². The third-order valence-corrected chi connectivity index (χ3v) is 5.00. The number of anilines is 1. The summed E-state index contributed by atoms with van der Waals surface area (Å²) in [6, 6.07) is 4.02. The van der Waals surface area contributed by atoms with Crippen molar-refractivity contribution in [1.82, 2.24) is 9.78 Å². The summed E-state index contributed by atoms with van der Waals surface area (Å²) in [7, 11) is 1.73. The zero-order valence-electron chi connectivity index (χ0n) is 14.9. The fourth-order valence-electron chi connectivity index (χ4n) is 3.69. The zero-order valence-corrected chi connectivity index (χ0v) is 14.9. The monoisotopic (exact) mass is 364 g/mol. The average Bonchev–Trinajstić information content (AvgIpc) is 2.95. The van der Waals surface area contributed by atoms with E-state index in [1.807, 2.05) is 11.8 Å². The van der Waals surface area contributed by atoms with Gasteiger partial charge < -0.3 is 4.90 Å². The standard InChI is InChI=1S/C18H22F2N4O2/c1-3-16-17(24(25)26)18(22(2)21-16)23-8-6-12(7-9-23)10-13-4-5-14(19)15(20)11-13/h4-5,11-12H,3,6-10H2,1-2H3. The first-order chi connectivity index (χ1) is 12.4. The average molecular weight is 364 g/mol. The molecule has 1 aliphatic rings. The zero-order chi connectivity index (χ0) is 18.8. The van der Waals surface area contributed by atoms with E-state index in [1.54, 1.807) is 17.8 Å². The van der Waals surface area contributed by atoms with Gasteiger partial charge in [0.15, 0.2) is 11.6 Å². The van der Waals surface area contributed by atoms with Crippen LogP contribution in [-0.2, 0) is 19.9 Å². The van der Waals surface area contributed by atoms with Crippen LogP contribution in [0.1, 0.15) is 31.0 Å². The third-order valence-electron chi connectivity index (χ3n) is 5.00. The predicted octanol–water partition coefficient (Wildman–Crippen LogP) is 3.63. The second-order valence-electron chi connectivity index (χ2n) is 6.74. The SMILES string of the molecule is CCc1nn(C)c(N2CCC(Cc3ccc(F)c(F)c3)CC2)c1[N+](=O)[O-]. The quantitative estimate of drug-likeness (QED) is 0.600. The van der Waals surface area contributed by atoms with Gasteiger partial charge in [-0.1, -0.05) is 13.0 Å². The number of nitro groups is 1. The van der Waals surface area contributed by atoms with Crippen LogP contribution in [0.5, 0.6) is 0 Å². The molecule has 26 heavy (non-hydrogen) atoms. The fraction of sp³-hybridized carbons (Fsp3) is 0.500. The highest BCUT2D eigenvalue weighted by atomic mass is 19.2. The lowest BCUT2D eigenvalue weighted by atomic mass is 9.90. The van der Waals surface area contributed by atoms with E-state index in [1.165, 1.54) is 6.07 Å². The van der Waals surface area contributed by atoms with Gasteiger partial charge in [-0.3, -0.25) is 10.1 Å². The first-order valence-corrected chi connectivity index (χ1v) is 8.79. The molecule has 1 fully saturated rings. The van der Waals surface area contributed by atoms with Crippen molar-refractivity contribution in [2.75, 3.05) is 18.0 Å². The van der Waals surface area contributed by atoms with E-state index in [0.717, 1.165) is 24.5 Å². The molecule has 0 radical (unpaired) electrons. The van der Waals surface area contributed by atoms with Gasteiger partial charge in [-0.25, -0.2) is 13.5 Å². The maximum atomic E-state index is 13.4. The van der Waals surface area contributed by atoms with Crippen molar-refractivity contribution >= 4 is 11.5 Å². The molecule has 140 valence electrons. The summed E-state index contributed by atoms with van der Waals surface area (Å²) in [6.07, 6.45) is 2.86. The Hall–Kier alpha value is -2.51. The van der Waals surface area contributed by atoms with Crippen molar-refractivity contribution < 1.29 is 13.7 Å². The molecule has 0 bridgehead atoms. The molecule has 0 unspecified atom stereocenters. The number of aryl methyl sites for hydroxylation is 2. The second kappa shape index (κ2) is 7.39. The minimum absolute atomic E-state index is 0.0917. The number of halogens is 2. The van der Waals surface area contributed by atoms with Gasteiger partial charge >= 0.3 is 5.69 Å². The molecular weight excluding hydrogens is 342 g/mol. The molecule has 8 heteroatoms. The summed E-state index contributed by atoms with van der Waals surface area (Å²) in [5, 5.41) is 15.8. The summed E-state index contributed by atoms with van der Waals surface area (Å²) >= 11 is 0. The first-order valence-electron chi connectivity index (χ1n) is 8.79. The summed E-state index contributed by atoms with van der Waals surface area (Å²) in [5.41, 5.74) is 1.37. The highest BCUT2D eigenvalue weighted by Gasteiger charge is 2.31. The number of hydrogen-bond donors (Lipinski definition) is 0. The molecule has 1 aliphatic heterocycles. The molecule has 1 aromatic carbocycles. The Morgan fingerprint density at radius 2 is 1.96 bits per heavy atom. The van der Waals surface area contributed by atoms with Gasteiger partial charge in [-0.15, -0.1) is 0 Å². The molecule has 2 aromatic rings. The van der Waals surface area contributed by atoms with Gasteiger partial charge in [0, 0.05) is 20.1 Å². The Bertz CT molecular complexity index is 814. The Morgan fingerprint density at radius 1 is 1.27 bits per heavy atom. The largest absolute Gasteiger partial charge is 0.351 e. The lowest BCUT2D eigenvalue weighted by Gasteiger charge is -2.32. The van der Waals surface area contributed by atoms with Crippen LogP contribution in [-0.4, -0.2) is 27.8 Å². The molecule has 0 N–H and O–H groups in total. The van der Waals surface area contributed by atoms with E-state index in [0.29, 0.717) is 43.4 Å². The van der Waals surface area contributed by atoms with Crippen molar-refractivity contribution in [1.29, 1.82) is 0 Å². The van der Waals surface area contributed by atoms with Gasteiger partial charge in [0.05, 0.1) is 4.92 Å². The predicted molar refractivity (Wildman–Crippen MR) is 94.2 cm³/mol. The molecule has 0 aliphatic carbocycles. The molecule has 0 atom stereocenters. The maximum absolute atomic E-state index is 13.4. The van der Waals surface area contributed by atoms with Gasteiger partial charge in [-0.05, 0) is 49.3 Å². The van der Waals surface area contributed by atoms with Gasteiger partial charge in [0.1, 0.15) is 5.69 Å². The summed E-state index contributed by atoms with van der Waals surface area (Å²) in [5.74, 6) is -0.761. The summed E-state index contributed by atoms with van der Waals surface area (Å²) in [6.45, 7) is 3.21. The van der Waals surface area contributed by atoms with Crippen LogP contribution in [0.3, 0.4) is 0 Å². The Kier molecular flexibility index (Phi) is 5.20. The van der Waals surface area contributed by atoms with Crippen molar-refractivity contribution in [3.8, 4) is 0 Å². The normalized spacial score (nSPS) is 15.5. The first kappa shape index (κ1) is 18.3. The van der Waals surface area contributed by atoms with Crippen molar-refractivity contribution in [3.05, 3.63) is 51.2 Å². The van der Waals surface area contributed by atoms with Crippen LogP contribution in [0.2, 0.25) is 0 Å². The van der Waals surface area contributed by atoms with Crippen molar-refractivity contribution in [2.24, 2.45) is 13.0 Å². The number of nitrogens with zero attached hydrogens (tertiary/aromatic N) is 4. The van der Waals surface area contributed by atoms with Crippen molar-refractivity contribution in [3.63, 3.8) is 0 Å². The number of rotatable bonds is 5. The Morgan fingerprint density at radius 3 is 2.54 bits per heavy atom. The molecule has 6 nitrogen and oxygen atoms in total. The minimum atomic E-state index is -0.834. The summed E-state index contributed by atoms with van der Waals surface area (Å²) in [4.78, 5) is 13.1. The van der Waals surface area contributed by atoms with E-state index >= 15 is 0 Å². The van der Waals surface area contributed by atoms with Crippen molar-refractivity contribution in [2.45, 2.75) is 32.6 Å². The third kappa shape index (κ3) is 3.54. The van der Waals surface area contributed by atoms with Crippen LogP contribution < -0.4 is 4.90 Å².